The minimum absolute atomic E-state index is 0.00533. The van der Waals surface area contributed by atoms with Gasteiger partial charge in [-0.25, -0.2) is 13.8 Å². The van der Waals surface area contributed by atoms with Gasteiger partial charge in [0.2, 0.25) is 5.91 Å². The highest BCUT2D eigenvalue weighted by atomic mass is 32.2. The lowest BCUT2D eigenvalue weighted by Crippen LogP contribution is -2.30. The van der Waals surface area contributed by atoms with Gasteiger partial charge in [-0.2, -0.15) is 0 Å². The summed E-state index contributed by atoms with van der Waals surface area (Å²) >= 11 is 1.03. The molecule has 0 spiro atoms. The molecule has 0 unspecified atom stereocenters. The molecule has 0 fully saturated rings. The topological polar surface area (TPSA) is 93.1 Å². The van der Waals surface area contributed by atoms with E-state index in [9.17, 15) is 23.2 Å². The molecule has 4 rings (SSSR count). The first-order chi connectivity index (χ1) is 17.7. The summed E-state index contributed by atoms with van der Waals surface area (Å²) in [4.78, 5) is 42.6. The van der Waals surface area contributed by atoms with Crippen molar-refractivity contribution in [2.24, 2.45) is 0 Å². The molecule has 1 heterocycles. The number of carbonyl (C=O) groups excluding carboxylic acids is 2. The van der Waals surface area contributed by atoms with E-state index in [0.717, 1.165) is 29.5 Å². The molecular formula is C27H24F2N4O3S. The fraction of sp³-hybridized carbons (Fsp3) is 0.185. The van der Waals surface area contributed by atoms with Crippen LogP contribution in [-0.4, -0.2) is 33.2 Å². The summed E-state index contributed by atoms with van der Waals surface area (Å²) in [5.41, 5.74) is 1.33. The van der Waals surface area contributed by atoms with Crippen LogP contribution in [0.5, 0.6) is 0 Å². The summed E-state index contributed by atoms with van der Waals surface area (Å²) in [5.74, 6) is -2.51. The maximum atomic E-state index is 13.9. The fourth-order valence-electron chi connectivity index (χ4n) is 3.59. The second-order valence-corrected chi connectivity index (χ2v) is 9.53. The van der Waals surface area contributed by atoms with Crippen molar-refractivity contribution in [2.45, 2.75) is 31.6 Å². The predicted octanol–water partition coefficient (Wildman–Crippen LogP) is 4.59. The van der Waals surface area contributed by atoms with E-state index in [2.05, 4.69) is 15.6 Å². The number of para-hydroxylation sites is 1. The van der Waals surface area contributed by atoms with Crippen LogP contribution >= 0.6 is 11.8 Å². The molecule has 7 nitrogen and oxygen atoms in total. The average molecular weight is 523 g/mol. The van der Waals surface area contributed by atoms with E-state index < -0.39 is 17.5 Å². The van der Waals surface area contributed by atoms with E-state index >= 15 is 0 Å². The number of benzene rings is 3. The first-order valence-corrected chi connectivity index (χ1v) is 12.5. The SMILES string of the molecule is CC(C)NC(=O)c1ccc(Cn2c(SCC(=O)Nc3ccc(F)cc3F)nc3ccccc3c2=O)cc1. The van der Waals surface area contributed by atoms with Crippen LogP contribution in [0.3, 0.4) is 0 Å². The van der Waals surface area contributed by atoms with Crippen molar-refractivity contribution < 1.29 is 18.4 Å². The average Bonchev–Trinajstić information content (AvgIpc) is 2.86. The summed E-state index contributed by atoms with van der Waals surface area (Å²) in [6.45, 7) is 3.92. The molecule has 4 aromatic rings. The number of halogens is 2. The lowest BCUT2D eigenvalue weighted by atomic mass is 10.1. The Hall–Kier alpha value is -4.05. The van der Waals surface area contributed by atoms with Crippen LogP contribution in [0.2, 0.25) is 0 Å². The Bertz CT molecular complexity index is 1520. The molecular weight excluding hydrogens is 498 g/mol. The Morgan fingerprint density at radius 3 is 2.46 bits per heavy atom. The molecule has 10 heteroatoms. The third-order valence-corrected chi connectivity index (χ3v) is 6.32. The summed E-state index contributed by atoms with van der Waals surface area (Å²) < 4.78 is 28.5. The number of hydrogen-bond donors (Lipinski definition) is 2. The van der Waals surface area contributed by atoms with E-state index in [1.807, 2.05) is 13.8 Å². The quantitative estimate of drug-likeness (QED) is 0.261. The van der Waals surface area contributed by atoms with Gasteiger partial charge >= 0.3 is 0 Å². The van der Waals surface area contributed by atoms with Gasteiger partial charge in [-0.1, -0.05) is 36.0 Å². The number of amides is 2. The van der Waals surface area contributed by atoms with Crippen molar-refractivity contribution >= 4 is 40.2 Å². The zero-order chi connectivity index (χ0) is 26.5. The van der Waals surface area contributed by atoms with E-state index in [1.54, 1.807) is 48.5 Å². The second-order valence-electron chi connectivity index (χ2n) is 8.59. The molecule has 2 N–H and O–H groups in total. The number of aromatic nitrogens is 2. The van der Waals surface area contributed by atoms with Gasteiger partial charge in [-0.15, -0.1) is 0 Å². The van der Waals surface area contributed by atoms with E-state index in [0.29, 0.717) is 27.7 Å². The number of rotatable bonds is 8. The normalized spacial score (nSPS) is 11.1. The largest absolute Gasteiger partial charge is 0.350 e. The highest BCUT2D eigenvalue weighted by Gasteiger charge is 2.15. The molecule has 0 radical (unpaired) electrons. The smallest absolute Gasteiger partial charge is 0.262 e. The third kappa shape index (κ3) is 6.39. The Labute approximate surface area is 215 Å². The maximum Gasteiger partial charge on any atom is 0.262 e. The minimum atomic E-state index is -0.885. The molecule has 1 aromatic heterocycles. The van der Waals surface area contributed by atoms with Crippen molar-refractivity contribution in [3.8, 4) is 0 Å². The van der Waals surface area contributed by atoms with Crippen molar-refractivity contribution in [3.05, 3.63) is 99.8 Å². The lowest BCUT2D eigenvalue weighted by Gasteiger charge is -2.14. The van der Waals surface area contributed by atoms with Gasteiger partial charge in [-0.05, 0) is 55.8 Å². The first kappa shape index (κ1) is 26.0. The van der Waals surface area contributed by atoms with Crippen LogP contribution < -0.4 is 16.2 Å². The third-order valence-electron chi connectivity index (χ3n) is 5.34. The molecule has 0 saturated heterocycles. The maximum absolute atomic E-state index is 13.9. The zero-order valence-corrected chi connectivity index (χ0v) is 20.9. The Kier molecular flexibility index (Phi) is 7.98. The van der Waals surface area contributed by atoms with E-state index in [1.165, 1.54) is 4.57 Å². The van der Waals surface area contributed by atoms with Gasteiger partial charge in [0, 0.05) is 17.7 Å². The Morgan fingerprint density at radius 2 is 1.76 bits per heavy atom. The molecule has 0 bridgehead atoms. The van der Waals surface area contributed by atoms with Crippen molar-refractivity contribution in [3.63, 3.8) is 0 Å². The monoisotopic (exact) mass is 522 g/mol. The van der Waals surface area contributed by atoms with Crippen molar-refractivity contribution in [2.75, 3.05) is 11.1 Å². The summed E-state index contributed by atoms with van der Waals surface area (Å²) in [7, 11) is 0. The Morgan fingerprint density at radius 1 is 1.03 bits per heavy atom. The van der Waals surface area contributed by atoms with Crippen LogP contribution in [0, 0.1) is 11.6 Å². The van der Waals surface area contributed by atoms with Gasteiger partial charge in [0.1, 0.15) is 11.6 Å². The molecule has 0 aliphatic rings. The highest BCUT2D eigenvalue weighted by Crippen LogP contribution is 2.21. The Balaban J connectivity index is 1.57. The zero-order valence-electron chi connectivity index (χ0n) is 20.1. The van der Waals surface area contributed by atoms with Gasteiger partial charge in [0.15, 0.2) is 5.16 Å². The van der Waals surface area contributed by atoms with Crippen LogP contribution in [0.1, 0.15) is 29.8 Å². The highest BCUT2D eigenvalue weighted by molar-refractivity contribution is 7.99. The molecule has 2 amide bonds. The standard InChI is InChI=1S/C27H24F2N4O3S/c1-16(2)30-25(35)18-9-7-17(8-10-18)14-33-26(36)20-5-3-4-6-22(20)32-27(33)37-15-24(34)31-23-12-11-19(28)13-21(23)29/h3-13,16H,14-15H2,1-2H3,(H,30,35)(H,31,34). The summed E-state index contributed by atoms with van der Waals surface area (Å²) in [6.07, 6.45) is 0. The summed E-state index contributed by atoms with van der Waals surface area (Å²) in [6, 6.07) is 16.7. The summed E-state index contributed by atoms with van der Waals surface area (Å²) in [5, 5.41) is 5.97. The number of nitrogens with zero attached hydrogens (tertiary/aromatic N) is 2. The molecule has 0 aliphatic carbocycles. The van der Waals surface area contributed by atoms with Gasteiger partial charge in [-0.3, -0.25) is 19.0 Å². The number of hydrogen-bond acceptors (Lipinski definition) is 5. The lowest BCUT2D eigenvalue weighted by molar-refractivity contribution is -0.113. The van der Waals surface area contributed by atoms with Gasteiger partial charge in [0.25, 0.3) is 11.5 Å². The fourth-order valence-corrected chi connectivity index (χ4v) is 4.39. The first-order valence-electron chi connectivity index (χ1n) is 11.5. The predicted molar refractivity (Wildman–Crippen MR) is 140 cm³/mol. The van der Waals surface area contributed by atoms with Gasteiger partial charge < -0.3 is 10.6 Å². The molecule has 0 atom stereocenters. The van der Waals surface area contributed by atoms with E-state index in [4.69, 9.17) is 0 Å². The molecule has 0 saturated carbocycles. The van der Waals surface area contributed by atoms with Crippen LogP contribution in [0.25, 0.3) is 10.9 Å². The second kappa shape index (κ2) is 11.3. The number of carbonyl (C=O) groups is 2. The number of anilines is 1. The number of thioether (sulfide) groups is 1. The molecule has 190 valence electrons. The van der Waals surface area contributed by atoms with Gasteiger partial charge in [0.05, 0.1) is 28.9 Å². The van der Waals surface area contributed by atoms with E-state index in [-0.39, 0.29) is 35.5 Å². The van der Waals surface area contributed by atoms with Crippen LogP contribution in [0.4, 0.5) is 14.5 Å². The van der Waals surface area contributed by atoms with Crippen LogP contribution in [-0.2, 0) is 11.3 Å². The molecule has 0 aliphatic heterocycles. The molecule has 37 heavy (non-hydrogen) atoms. The van der Waals surface area contributed by atoms with Crippen molar-refractivity contribution in [1.29, 1.82) is 0 Å². The van der Waals surface area contributed by atoms with Crippen molar-refractivity contribution in [1.82, 2.24) is 14.9 Å². The number of nitrogens with one attached hydrogen (secondary N) is 2. The minimum Gasteiger partial charge on any atom is -0.350 e. The van der Waals surface area contributed by atoms with Crippen LogP contribution in [0.15, 0.2) is 76.7 Å². The molecule has 3 aromatic carbocycles. The number of fused-ring (bicyclic) bond motifs is 1.